The molecule has 0 aromatic carbocycles. The van der Waals surface area contributed by atoms with Crippen molar-refractivity contribution in [2.45, 2.75) is 37.9 Å². The summed E-state index contributed by atoms with van der Waals surface area (Å²) in [6.07, 6.45) is 6.17. The van der Waals surface area contributed by atoms with Crippen LogP contribution in [0.1, 0.15) is 26.7 Å². The number of rotatable bonds is 2. The fourth-order valence-corrected chi connectivity index (χ4v) is 2.21. The van der Waals surface area contributed by atoms with Gasteiger partial charge >= 0.3 is 0 Å². The second-order valence-corrected chi connectivity index (χ2v) is 5.41. The zero-order valence-corrected chi connectivity index (χ0v) is 11.3. The summed E-state index contributed by atoms with van der Waals surface area (Å²) in [6, 6.07) is 0. The normalized spacial score (nSPS) is 33.0. The molecule has 2 atom stereocenters. The molecule has 1 aliphatic heterocycles. The highest BCUT2D eigenvalue weighted by molar-refractivity contribution is 5.86. The minimum absolute atomic E-state index is 0.0712. The lowest BCUT2D eigenvalue weighted by Gasteiger charge is -2.40. The molecule has 1 amide bonds. The second-order valence-electron chi connectivity index (χ2n) is 5.41. The first-order valence-corrected chi connectivity index (χ1v) is 6.25. The van der Waals surface area contributed by atoms with Gasteiger partial charge in [-0.3, -0.25) is 14.9 Å². The van der Waals surface area contributed by atoms with Gasteiger partial charge in [0.1, 0.15) is 0 Å². The van der Waals surface area contributed by atoms with Gasteiger partial charge in [-0.15, -0.1) is 5.73 Å². The molecule has 1 aliphatic carbocycles. The van der Waals surface area contributed by atoms with Gasteiger partial charge in [-0.1, -0.05) is 0 Å². The summed E-state index contributed by atoms with van der Waals surface area (Å²) >= 11 is 0. The molecule has 1 saturated heterocycles. The summed E-state index contributed by atoms with van der Waals surface area (Å²) < 4.78 is 13.9. The lowest BCUT2D eigenvalue weighted by Crippen LogP contribution is -2.58. The first kappa shape index (κ1) is 14.2. The standard InChI is InChI=1S/C14H15FN2O3/c1-13(15)7-8-14(2,16-12(13)18)10-5-3-4-6-11(9-10)17(19)20/h4-6,9H,7-8H2,1-2H3,(H,16,18)/t13-,14+/m1/s1. The van der Waals surface area contributed by atoms with Crippen LogP contribution >= 0.6 is 0 Å². The maximum absolute atomic E-state index is 13.9. The number of hydrogen-bond donors (Lipinski definition) is 1. The molecule has 0 aromatic heterocycles. The third-order valence-corrected chi connectivity index (χ3v) is 3.70. The summed E-state index contributed by atoms with van der Waals surface area (Å²) in [5, 5.41) is 13.5. The average molecular weight is 278 g/mol. The van der Waals surface area contributed by atoms with Crippen molar-refractivity contribution in [3.8, 4) is 0 Å². The number of amides is 1. The van der Waals surface area contributed by atoms with Gasteiger partial charge in [-0.25, -0.2) is 4.39 Å². The fourth-order valence-electron chi connectivity index (χ4n) is 2.21. The van der Waals surface area contributed by atoms with E-state index in [1.807, 2.05) is 0 Å². The Balaban J connectivity index is 2.36. The van der Waals surface area contributed by atoms with E-state index >= 15 is 0 Å². The third kappa shape index (κ3) is 2.56. The SMILES string of the molecule is C[C@@]1(F)CC[C@@](C)(C2=CC([N+](=O)[O-])=CC=C=C2)NC1=O. The summed E-state index contributed by atoms with van der Waals surface area (Å²) in [5.74, 6) is -0.694. The van der Waals surface area contributed by atoms with E-state index in [0.29, 0.717) is 12.0 Å². The number of hydrogen-bond acceptors (Lipinski definition) is 3. The monoisotopic (exact) mass is 278 g/mol. The first-order valence-electron chi connectivity index (χ1n) is 6.25. The van der Waals surface area contributed by atoms with Crippen molar-refractivity contribution >= 4 is 5.91 Å². The summed E-state index contributed by atoms with van der Waals surface area (Å²) in [5.41, 5.74) is 0.517. The van der Waals surface area contributed by atoms with Gasteiger partial charge < -0.3 is 5.32 Å². The van der Waals surface area contributed by atoms with E-state index in [9.17, 15) is 19.3 Å². The van der Waals surface area contributed by atoms with Gasteiger partial charge in [-0.05, 0) is 44.4 Å². The van der Waals surface area contributed by atoms with Crippen LogP contribution in [0.5, 0.6) is 0 Å². The van der Waals surface area contributed by atoms with Crippen LogP contribution in [0.15, 0.2) is 41.3 Å². The van der Waals surface area contributed by atoms with Crippen molar-refractivity contribution in [2.75, 3.05) is 0 Å². The number of carbonyl (C=O) groups is 1. The van der Waals surface area contributed by atoms with Gasteiger partial charge in [0.2, 0.25) is 0 Å². The van der Waals surface area contributed by atoms with Gasteiger partial charge in [-0.2, -0.15) is 0 Å². The maximum atomic E-state index is 13.9. The molecule has 1 fully saturated rings. The Hall–Kier alpha value is -2.20. The van der Waals surface area contributed by atoms with Crippen LogP contribution in [0.2, 0.25) is 0 Å². The van der Waals surface area contributed by atoms with Gasteiger partial charge in [0.25, 0.3) is 11.6 Å². The minimum atomic E-state index is -1.90. The quantitative estimate of drug-likeness (QED) is 0.478. The number of alkyl halides is 1. The zero-order valence-electron chi connectivity index (χ0n) is 11.3. The number of piperidine rings is 1. The van der Waals surface area contributed by atoms with Crippen LogP contribution in [-0.2, 0) is 4.79 Å². The zero-order chi connectivity index (χ0) is 15.0. The number of nitrogens with zero attached hydrogens (tertiary/aromatic N) is 1. The van der Waals surface area contributed by atoms with Crippen LogP contribution in [0, 0.1) is 10.1 Å². The predicted molar refractivity (Wildman–Crippen MR) is 71.1 cm³/mol. The summed E-state index contributed by atoms with van der Waals surface area (Å²) in [4.78, 5) is 22.2. The van der Waals surface area contributed by atoms with Gasteiger partial charge in [0.05, 0.1) is 10.5 Å². The lowest BCUT2D eigenvalue weighted by atomic mass is 9.79. The van der Waals surface area contributed by atoms with Crippen molar-refractivity contribution in [2.24, 2.45) is 0 Å². The molecule has 2 aliphatic rings. The largest absolute Gasteiger partial charge is 0.344 e. The molecule has 2 rings (SSSR count). The highest BCUT2D eigenvalue weighted by Gasteiger charge is 2.45. The Bertz CT molecular complexity index is 598. The van der Waals surface area contributed by atoms with Crippen LogP contribution in [0.3, 0.4) is 0 Å². The lowest BCUT2D eigenvalue weighted by molar-refractivity contribution is -0.419. The number of allylic oxidation sites excluding steroid dienone is 2. The molecule has 0 bridgehead atoms. The van der Waals surface area contributed by atoms with E-state index < -0.39 is 22.0 Å². The molecular formula is C14H15FN2O3. The number of carbonyl (C=O) groups excluding carboxylic acids is 1. The average Bonchev–Trinajstić information content (AvgIpc) is 2.61. The van der Waals surface area contributed by atoms with E-state index in [1.54, 1.807) is 13.0 Å². The Labute approximate surface area is 115 Å². The molecule has 0 aromatic rings. The first-order chi connectivity index (χ1) is 9.24. The minimum Gasteiger partial charge on any atom is -0.344 e. The van der Waals surface area contributed by atoms with E-state index in [0.717, 1.165) is 0 Å². The molecule has 0 radical (unpaired) electrons. The van der Waals surface area contributed by atoms with E-state index in [2.05, 4.69) is 11.0 Å². The number of nitro groups is 1. The molecule has 0 saturated carbocycles. The highest BCUT2D eigenvalue weighted by Crippen LogP contribution is 2.34. The molecule has 1 N–H and O–H groups in total. The van der Waals surface area contributed by atoms with Gasteiger partial charge in [0.15, 0.2) is 5.67 Å². The van der Waals surface area contributed by atoms with Crippen molar-refractivity contribution < 1.29 is 14.1 Å². The molecule has 106 valence electrons. The molecule has 6 heteroatoms. The van der Waals surface area contributed by atoms with E-state index in [-0.39, 0.29) is 12.1 Å². The van der Waals surface area contributed by atoms with Crippen LogP contribution in [0.4, 0.5) is 4.39 Å². The van der Waals surface area contributed by atoms with Crippen LogP contribution in [-0.4, -0.2) is 22.0 Å². The highest BCUT2D eigenvalue weighted by atomic mass is 19.1. The smallest absolute Gasteiger partial charge is 0.270 e. The second kappa shape index (κ2) is 4.72. The number of halogens is 1. The predicted octanol–water partition coefficient (Wildman–Crippen LogP) is 2.20. The maximum Gasteiger partial charge on any atom is 0.270 e. The fraction of sp³-hybridized carbons (Fsp3) is 0.429. The van der Waals surface area contributed by atoms with Crippen molar-refractivity contribution in [3.05, 3.63) is 51.4 Å². The van der Waals surface area contributed by atoms with Crippen molar-refractivity contribution in [3.63, 3.8) is 0 Å². The Morgan fingerprint density at radius 3 is 2.75 bits per heavy atom. The van der Waals surface area contributed by atoms with Crippen LogP contribution < -0.4 is 5.32 Å². The summed E-state index contributed by atoms with van der Waals surface area (Å²) in [6.45, 7) is 2.97. The van der Waals surface area contributed by atoms with E-state index in [4.69, 9.17) is 0 Å². The molecule has 0 unspecified atom stereocenters. The van der Waals surface area contributed by atoms with Gasteiger partial charge in [0, 0.05) is 12.2 Å². The molecule has 20 heavy (non-hydrogen) atoms. The Morgan fingerprint density at radius 1 is 1.45 bits per heavy atom. The number of nitrogens with one attached hydrogen (secondary N) is 1. The Morgan fingerprint density at radius 2 is 2.15 bits per heavy atom. The third-order valence-electron chi connectivity index (χ3n) is 3.70. The van der Waals surface area contributed by atoms with E-state index in [1.165, 1.54) is 25.2 Å². The Kier molecular flexibility index (Phi) is 3.36. The molecule has 5 nitrogen and oxygen atoms in total. The van der Waals surface area contributed by atoms with Crippen LogP contribution in [0.25, 0.3) is 0 Å². The molecule has 1 heterocycles. The molecular weight excluding hydrogens is 263 g/mol. The molecule has 0 spiro atoms. The topological polar surface area (TPSA) is 72.2 Å². The van der Waals surface area contributed by atoms with Crippen molar-refractivity contribution in [1.82, 2.24) is 5.32 Å². The van der Waals surface area contributed by atoms with Crippen molar-refractivity contribution in [1.29, 1.82) is 0 Å². The summed E-state index contributed by atoms with van der Waals surface area (Å²) in [7, 11) is 0.